The first-order valence-electron chi connectivity index (χ1n) is 5.77. The van der Waals surface area contributed by atoms with Crippen molar-refractivity contribution in [2.45, 2.75) is 44.2 Å². The molecule has 1 saturated carbocycles. The van der Waals surface area contributed by atoms with E-state index < -0.39 is 12.0 Å². The van der Waals surface area contributed by atoms with Crippen molar-refractivity contribution in [2.75, 3.05) is 0 Å². The van der Waals surface area contributed by atoms with E-state index in [4.69, 9.17) is 11.6 Å². The van der Waals surface area contributed by atoms with Gasteiger partial charge in [-0.15, -0.1) is 11.3 Å². The van der Waals surface area contributed by atoms with E-state index >= 15 is 0 Å². The fraction of sp³-hybridized carbons (Fsp3) is 0.636. The first-order chi connectivity index (χ1) is 8.16. The lowest BCUT2D eigenvalue weighted by Gasteiger charge is -2.25. The van der Waals surface area contributed by atoms with Gasteiger partial charge in [-0.05, 0) is 12.8 Å². The average molecular weight is 275 g/mol. The van der Waals surface area contributed by atoms with Crippen molar-refractivity contribution in [3.63, 3.8) is 0 Å². The minimum Gasteiger partial charge on any atom is -0.480 e. The Morgan fingerprint density at radius 2 is 2.24 bits per heavy atom. The molecule has 0 aromatic carbocycles. The Morgan fingerprint density at radius 1 is 1.53 bits per heavy atom. The van der Waals surface area contributed by atoms with Crippen LogP contribution in [0.25, 0.3) is 0 Å². The zero-order valence-electron chi connectivity index (χ0n) is 9.36. The molecule has 1 fully saturated rings. The van der Waals surface area contributed by atoms with Gasteiger partial charge < -0.3 is 5.11 Å². The summed E-state index contributed by atoms with van der Waals surface area (Å²) in [5.41, 5.74) is 0. The predicted molar refractivity (Wildman–Crippen MR) is 67.5 cm³/mol. The summed E-state index contributed by atoms with van der Waals surface area (Å²) in [5.74, 6) is -0.887. The lowest BCUT2D eigenvalue weighted by Crippen LogP contribution is -2.38. The van der Waals surface area contributed by atoms with Gasteiger partial charge in [-0.25, -0.2) is 4.98 Å². The third kappa shape index (κ3) is 3.40. The molecule has 0 amide bonds. The lowest BCUT2D eigenvalue weighted by molar-refractivity contribution is -0.140. The van der Waals surface area contributed by atoms with Gasteiger partial charge in [0, 0.05) is 6.04 Å². The highest BCUT2D eigenvalue weighted by atomic mass is 35.5. The summed E-state index contributed by atoms with van der Waals surface area (Å²) in [5, 5.41) is 12.9. The molecule has 1 aromatic heterocycles. The Balaban J connectivity index is 2.04. The Morgan fingerprint density at radius 3 is 2.76 bits per heavy atom. The molecule has 17 heavy (non-hydrogen) atoms. The number of hydrogen-bond acceptors (Lipinski definition) is 4. The molecule has 94 valence electrons. The highest BCUT2D eigenvalue weighted by Gasteiger charge is 2.26. The second-order valence-electron chi connectivity index (χ2n) is 4.28. The molecule has 4 nitrogen and oxygen atoms in total. The largest absolute Gasteiger partial charge is 0.480 e. The van der Waals surface area contributed by atoms with Gasteiger partial charge in [-0.3, -0.25) is 10.1 Å². The van der Waals surface area contributed by atoms with Gasteiger partial charge >= 0.3 is 5.97 Å². The van der Waals surface area contributed by atoms with Gasteiger partial charge in [0.15, 0.2) is 6.04 Å². The molecule has 6 heteroatoms. The van der Waals surface area contributed by atoms with Crippen LogP contribution in [-0.4, -0.2) is 22.1 Å². The molecule has 0 radical (unpaired) electrons. The zero-order valence-corrected chi connectivity index (χ0v) is 10.9. The molecular weight excluding hydrogens is 260 g/mol. The van der Waals surface area contributed by atoms with Crippen molar-refractivity contribution in [3.05, 3.63) is 15.5 Å². The summed E-state index contributed by atoms with van der Waals surface area (Å²) < 4.78 is 0.525. The van der Waals surface area contributed by atoms with Crippen LogP contribution in [-0.2, 0) is 4.79 Å². The maximum atomic E-state index is 11.2. The summed E-state index contributed by atoms with van der Waals surface area (Å²) in [6.07, 6.45) is 7.18. The number of carboxylic acids is 1. The second-order valence-corrected chi connectivity index (χ2v) is 5.97. The van der Waals surface area contributed by atoms with Crippen LogP contribution < -0.4 is 5.32 Å². The number of carboxylic acid groups (broad SMARTS) is 1. The molecule has 1 aromatic rings. The fourth-order valence-electron chi connectivity index (χ4n) is 2.15. The van der Waals surface area contributed by atoms with Crippen molar-refractivity contribution in [3.8, 4) is 0 Å². The highest BCUT2D eigenvalue weighted by molar-refractivity contribution is 7.16. The quantitative estimate of drug-likeness (QED) is 0.886. The number of hydrogen-bond donors (Lipinski definition) is 2. The topological polar surface area (TPSA) is 62.2 Å². The summed E-state index contributed by atoms with van der Waals surface area (Å²) >= 11 is 7.01. The molecule has 0 saturated heterocycles. The second kappa shape index (κ2) is 5.80. The van der Waals surface area contributed by atoms with E-state index in [0.29, 0.717) is 9.34 Å². The fourth-order valence-corrected chi connectivity index (χ4v) is 3.14. The average Bonchev–Trinajstić information content (AvgIpc) is 2.73. The standard InChI is InChI=1S/C11H15ClN2O2S/c12-8-6-13-10(17-8)9(11(15)16)14-7-4-2-1-3-5-7/h6-7,9,14H,1-5H2,(H,15,16). The zero-order chi connectivity index (χ0) is 12.3. The van der Waals surface area contributed by atoms with Gasteiger partial charge in [0.2, 0.25) is 0 Å². The van der Waals surface area contributed by atoms with Gasteiger partial charge in [0.05, 0.1) is 6.20 Å². The van der Waals surface area contributed by atoms with Gasteiger partial charge in [-0.2, -0.15) is 0 Å². The molecule has 1 atom stereocenters. The molecule has 0 bridgehead atoms. The van der Waals surface area contributed by atoms with Crippen LogP contribution in [0.2, 0.25) is 4.34 Å². The van der Waals surface area contributed by atoms with Crippen LogP contribution in [0.5, 0.6) is 0 Å². The number of nitrogens with zero attached hydrogens (tertiary/aromatic N) is 1. The van der Waals surface area contributed by atoms with Crippen LogP contribution in [0.1, 0.15) is 43.2 Å². The molecule has 0 spiro atoms. The van der Waals surface area contributed by atoms with E-state index in [-0.39, 0.29) is 6.04 Å². The molecule has 0 aliphatic heterocycles. The van der Waals surface area contributed by atoms with Gasteiger partial charge in [0.1, 0.15) is 9.34 Å². The summed E-state index contributed by atoms with van der Waals surface area (Å²) in [6, 6.07) is -0.442. The van der Waals surface area contributed by atoms with Crippen molar-refractivity contribution < 1.29 is 9.90 Å². The molecule has 1 aliphatic rings. The number of nitrogens with one attached hydrogen (secondary N) is 1. The summed E-state index contributed by atoms with van der Waals surface area (Å²) in [7, 11) is 0. The Hall–Kier alpha value is -0.650. The van der Waals surface area contributed by atoms with Crippen LogP contribution in [0.15, 0.2) is 6.20 Å². The molecule has 2 rings (SSSR count). The SMILES string of the molecule is O=C(O)C(NC1CCCCC1)c1ncc(Cl)s1. The Kier molecular flexibility index (Phi) is 4.36. The number of rotatable bonds is 4. The van der Waals surface area contributed by atoms with E-state index in [9.17, 15) is 9.90 Å². The van der Waals surface area contributed by atoms with Crippen molar-refractivity contribution in [2.24, 2.45) is 0 Å². The highest BCUT2D eigenvalue weighted by Crippen LogP contribution is 2.26. The van der Waals surface area contributed by atoms with Crippen molar-refractivity contribution in [1.29, 1.82) is 0 Å². The molecule has 1 aliphatic carbocycles. The van der Waals surface area contributed by atoms with E-state index in [1.54, 1.807) is 0 Å². The first kappa shape index (κ1) is 12.8. The number of halogens is 1. The summed E-state index contributed by atoms with van der Waals surface area (Å²) in [4.78, 5) is 15.3. The van der Waals surface area contributed by atoms with E-state index in [1.165, 1.54) is 36.8 Å². The smallest absolute Gasteiger partial charge is 0.327 e. The first-order valence-corrected chi connectivity index (χ1v) is 6.96. The molecule has 1 heterocycles. The van der Waals surface area contributed by atoms with Crippen LogP contribution in [0.3, 0.4) is 0 Å². The van der Waals surface area contributed by atoms with Crippen LogP contribution in [0.4, 0.5) is 0 Å². The molecule has 2 N–H and O–H groups in total. The van der Waals surface area contributed by atoms with Gasteiger partial charge in [0.25, 0.3) is 0 Å². The number of aromatic nitrogens is 1. The monoisotopic (exact) mass is 274 g/mol. The summed E-state index contributed by atoms with van der Waals surface area (Å²) in [6.45, 7) is 0. The van der Waals surface area contributed by atoms with E-state index in [2.05, 4.69) is 10.3 Å². The minimum atomic E-state index is -0.887. The third-order valence-corrected chi connectivity index (χ3v) is 4.18. The molecular formula is C11H15ClN2O2S. The maximum Gasteiger partial charge on any atom is 0.327 e. The predicted octanol–water partition coefficient (Wildman–Crippen LogP) is 2.84. The maximum absolute atomic E-state index is 11.2. The third-order valence-electron chi connectivity index (χ3n) is 3.00. The van der Waals surface area contributed by atoms with Crippen LogP contribution in [0, 0.1) is 0 Å². The van der Waals surface area contributed by atoms with Gasteiger partial charge in [-0.1, -0.05) is 30.9 Å². The van der Waals surface area contributed by atoms with Crippen LogP contribution >= 0.6 is 22.9 Å². The van der Waals surface area contributed by atoms with Crippen molar-refractivity contribution >= 4 is 28.9 Å². The van der Waals surface area contributed by atoms with Crippen molar-refractivity contribution in [1.82, 2.24) is 10.3 Å². The number of thiazole rings is 1. The Labute approximate surface area is 109 Å². The van der Waals surface area contributed by atoms with E-state index in [1.807, 2.05) is 0 Å². The lowest BCUT2D eigenvalue weighted by atomic mass is 9.95. The molecule has 1 unspecified atom stereocenters. The van der Waals surface area contributed by atoms with E-state index in [0.717, 1.165) is 12.8 Å². The number of carbonyl (C=O) groups is 1. The normalized spacial score (nSPS) is 19.1. The Bertz CT molecular complexity index is 391. The minimum absolute atomic E-state index is 0.285. The number of aliphatic carboxylic acids is 1.